The molecular weight excluding hydrogens is 1260 g/mol. The van der Waals surface area contributed by atoms with E-state index in [2.05, 4.69) is 101 Å². The van der Waals surface area contributed by atoms with Crippen molar-refractivity contribution in [3.05, 3.63) is 72.9 Å². The SMILES string of the molecule is CC/C=C\C/C=C\C/C=C\C/C=C\C/C=C\CCCCCC(=O)OCC(COP(=O)(O)OCC(O)COP(=O)(O)OCC(COC(=O)CCCCCCCCCCCCCCC)OC(=O)CCCCCCCCCCCCCCC)OC(=O)CCCCCCC/C=C\CCCC. The summed E-state index contributed by atoms with van der Waals surface area (Å²) in [6.07, 6.45) is 69.0. The Morgan fingerprint density at radius 1 is 0.302 bits per heavy atom. The maximum absolute atomic E-state index is 13.1. The van der Waals surface area contributed by atoms with Crippen molar-refractivity contribution in [3.8, 4) is 0 Å². The van der Waals surface area contributed by atoms with Crippen molar-refractivity contribution in [3.63, 3.8) is 0 Å². The number of hydrogen-bond donors (Lipinski definition) is 3. The third kappa shape index (κ3) is 69.0. The standard InChI is InChI=1S/C77H138O17P2/c1-5-9-13-17-21-25-29-32-33-34-35-36-37-40-43-46-50-54-58-62-75(80)88-67-72(93-76(81)63-59-55-51-47-41-28-24-20-16-12-8-4)69-91-95(83,84)89-65-71(78)66-90-96(85,86)92-70-73(94-77(82)64-60-56-52-48-44-39-31-27-23-19-15-11-7-3)68-87-74(79)61-57-53-49-45-42-38-30-26-22-18-14-10-6-2/h9,13,20-21,24-25,32-33,35-36,40,43,71-73,78H,5-8,10-12,14-19,22-23,26-31,34,37-39,41-42,44-70H2,1-4H3,(H,83,84)(H,85,86)/b13-9-,24-20-,25-21-,33-32-,36-35-,43-40-. The molecule has 19 heteroatoms. The Morgan fingerprint density at radius 3 is 0.885 bits per heavy atom. The smallest absolute Gasteiger partial charge is 0.462 e. The van der Waals surface area contributed by atoms with Crippen LogP contribution < -0.4 is 0 Å². The molecule has 0 spiro atoms. The summed E-state index contributed by atoms with van der Waals surface area (Å²) in [6.45, 7) is 4.71. The Balaban J connectivity index is 5.30. The van der Waals surface area contributed by atoms with Crippen LogP contribution in [0.3, 0.4) is 0 Å². The minimum atomic E-state index is -4.97. The van der Waals surface area contributed by atoms with Gasteiger partial charge in [-0.25, -0.2) is 9.13 Å². The number of ether oxygens (including phenoxy) is 4. The normalized spacial score (nSPS) is 14.4. The van der Waals surface area contributed by atoms with Crippen molar-refractivity contribution in [1.82, 2.24) is 0 Å². The number of phosphoric acid groups is 2. The van der Waals surface area contributed by atoms with Crippen molar-refractivity contribution < 1.29 is 80.2 Å². The molecule has 558 valence electrons. The van der Waals surface area contributed by atoms with E-state index in [-0.39, 0.29) is 25.7 Å². The number of aliphatic hydroxyl groups is 1. The van der Waals surface area contributed by atoms with Crippen LogP contribution in [0.2, 0.25) is 0 Å². The summed E-state index contributed by atoms with van der Waals surface area (Å²) in [7, 11) is -9.94. The highest BCUT2D eigenvalue weighted by Gasteiger charge is 2.30. The highest BCUT2D eigenvalue weighted by atomic mass is 31.2. The molecule has 96 heavy (non-hydrogen) atoms. The van der Waals surface area contributed by atoms with Gasteiger partial charge in [0, 0.05) is 25.7 Å². The Labute approximate surface area is 583 Å². The van der Waals surface area contributed by atoms with Gasteiger partial charge in [0.05, 0.1) is 26.4 Å². The molecular formula is C77H138O17P2. The van der Waals surface area contributed by atoms with Gasteiger partial charge < -0.3 is 33.8 Å². The zero-order valence-electron chi connectivity index (χ0n) is 60.8. The fourth-order valence-electron chi connectivity index (χ4n) is 10.3. The van der Waals surface area contributed by atoms with E-state index >= 15 is 0 Å². The Hall–Kier alpha value is -3.50. The zero-order chi connectivity index (χ0) is 70.4. The van der Waals surface area contributed by atoms with Crippen molar-refractivity contribution in [2.45, 2.75) is 354 Å². The van der Waals surface area contributed by atoms with Crippen LogP contribution in [0.25, 0.3) is 0 Å². The number of carbonyl (C=O) groups is 4. The third-order valence-corrected chi connectivity index (χ3v) is 18.1. The minimum absolute atomic E-state index is 0.0789. The molecule has 0 heterocycles. The highest BCUT2D eigenvalue weighted by Crippen LogP contribution is 2.45. The molecule has 0 saturated carbocycles. The first-order valence-electron chi connectivity index (χ1n) is 38.2. The van der Waals surface area contributed by atoms with Crippen LogP contribution in [-0.2, 0) is 65.4 Å². The van der Waals surface area contributed by atoms with Gasteiger partial charge in [-0.05, 0) is 89.9 Å². The highest BCUT2D eigenvalue weighted by molar-refractivity contribution is 7.47. The lowest BCUT2D eigenvalue weighted by molar-refractivity contribution is -0.161. The lowest BCUT2D eigenvalue weighted by Crippen LogP contribution is -2.30. The summed E-state index contributed by atoms with van der Waals surface area (Å²) >= 11 is 0. The molecule has 0 bridgehead atoms. The number of phosphoric ester groups is 2. The quantitative estimate of drug-likeness (QED) is 0.0169. The van der Waals surface area contributed by atoms with Crippen molar-refractivity contribution in [1.29, 1.82) is 0 Å². The third-order valence-electron chi connectivity index (χ3n) is 16.2. The fraction of sp³-hybridized carbons (Fsp3) is 0.792. The maximum Gasteiger partial charge on any atom is 0.472 e. The van der Waals surface area contributed by atoms with E-state index in [0.717, 1.165) is 135 Å². The average Bonchev–Trinajstić information content (AvgIpc) is 1.11. The lowest BCUT2D eigenvalue weighted by atomic mass is 10.0. The Bertz CT molecular complexity index is 2110. The molecule has 0 aromatic carbocycles. The first kappa shape index (κ1) is 92.5. The number of aliphatic hydroxyl groups excluding tert-OH is 1. The summed E-state index contributed by atoms with van der Waals surface area (Å²) in [5.41, 5.74) is 0. The second-order valence-corrected chi connectivity index (χ2v) is 28.5. The van der Waals surface area contributed by atoms with E-state index in [1.807, 2.05) is 0 Å². The first-order chi connectivity index (χ1) is 46.7. The van der Waals surface area contributed by atoms with Gasteiger partial charge >= 0.3 is 39.5 Å². The molecule has 0 aromatic rings. The number of rotatable bonds is 72. The van der Waals surface area contributed by atoms with Crippen LogP contribution in [0.4, 0.5) is 0 Å². The largest absolute Gasteiger partial charge is 0.472 e. The fourth-order valence-corrected chi connectivity index (χ4v) is 11.9. The summed E-state index contributed by atoms with van der Waals surface area (Å²) < 4.78 is 68.4. The Morgan fingerprint density at radius 2 is 0.552 bits per heavy atom. The molecule has 5 atom stereocenters. The van der Waals surface area contributed by atoms with Gasteiger partial charge in [0.1, 0.15) is 19.3 Å². The van der Waals surface area contributed by atoms with Crippen LogP contribution in [0.5, 0.6) is 0 Å². The monoisotopic (exact) mass is 1400 g/mol. The Kier molecular flexibility index (Phi) is 67.4. The molecule has 0 aromatic heterocycles. The van der Waals surface area contributed by atoms with E-state index in [1.54, 1.807) is 0 Å². The first-order valence-corrected chi connectivity index (χ1v) is 41.2. The number of unbranched alkanes of at least 4 members (excludes halogenated alkanes) is 34. The second kappa shape index (κ2) is 70.0. The summed E-state index contributed by atoms with van der Waals surface area (Å²) in [5, 5.41) is 10.6. The van der Waals surface area contributed by atoms with E-state index in [4.69, 9.17) is 37.0 Å². The van der Waals surface area contributed by atoms with Crippen LogP contribution in [0.15, 0.2) is 72.9 Å². The van der Waals surface area contributed by atoms with E-state index in [9.17, 15) is 43.2 Å². The molecule has 0 saturated heterocycles. The molecule has 0 rings (SSSR count). The van der Waals surface area contributed by atoms with E-state index in [0.29, 0.717) is 25.7 Å². The molecule has 0 amide bonds. The summed E-state index contributed by atoms with van der Waals surface area (Å²) in [6, 6.07) is 0. The number of hydrogen-bond acceptors (Lipinski definition) is 15. The van der Waals surface area contributed by atoms with Gasteiger partial charge in [0.2, 0.25) is 0 Å². The van der Waals surface area contributed by atoms with Gasteiger partial charge in [-0.1, -0.05) is 293 Å². The van der Waals surface area contributed by atoms with Gasteiger partial charge in [0.25, 0.3) is 0 Å². The molecule has 17 nitrogen and oxygen atoms in total. The molecule has 5 unspecified atom stereocenters. The van der Waals surface area contributed by atoms with Gasteiger partial charge in [0.15, 0.2) is 12.2 Å². The molecule has 0 aliphatic rings. The molecule has 0 aliphatic heterocycles. The topological polar surface area (TPSA) is 237 Å². The molecule has 0 radical (unpaired) electrons. The van der Waals surface area contributed by atoms with Crippen molar-refractivity contribution >= 4 is 39.5 Å². The van der Waals surface area contributed by atoms with Crippen molar-refractivity contribution in [2.75, 3.05) is 39.6 Å². The number of allylic oxidation sites excluding steroid dienone is 12. The predicted octanol–water partition coefficient (Wildman–Crippen LogP) is 21.7. The lowest BCUT2D eigenvalue weighted by Gasteiger charge is -2.21. The molecule has 0 fully saturated rings. The maximum atomic E-state index is 13.1. The predicted molar refractivity (Wildman–Crippen MR) is 390 cm³/mol. The van der Waals surface area contributed by atoms with Gasteiger partial charge in [-0.2, -0.15) is 0 Å². The van der Waals surface area contributed by atoms with Gasteiger partial charge in [-0.3, -0.25) is 37.3 Å². The number of esters is 4. The van der Waals surface area contributed by atoms with Gasteiger partial charge in [-0.15, -0.1) is 0 Å². The average molecular weight is 1400 g/mol. The summed E-state index contributed by atoms with van der Waals surface area (Å²) in [5.74, 6) is -2.19. The van der Waals surface area contributed by atoms with Crippen LogP contribution in [-0.4, -0.2) is 96.7 Å². The summed E-state index contributed by atoms with van der Waals surface area (Å²) in [4.78, 5) is 72.7. The second-order valence-electron chi connectivity index (χ2n) is 25.6. The van der Waals surface area contributed by atoms with Crippen molar-refractivity contribution in [2.24, 2.45) is 0 Å². The van der Waals surface area contributed by atoms with E-state index < -0.39 is 97.5 Å². The van der Waals surface area contributed by atoms with Crippen LogP contribution in [0, 0.1) is 0 Å². The van der Waals surface area contributed by atoms with Crippen LogP contribution in [0.1, 0.15) is 336 Å². The minimum Gasteiger partial charge on any atom is -0.462 e. The van der Waals surface area contributed by atoms with Crippen LogP contribution >= 0.6 is 15.6 Å². The molecule has 0 aliphatic carbocycles. The zero-order valence-corrected chi connectivity index (χ0v) is 62.6. The molecule has 3 N–H and O–H groups in total. The van der Waals surface area contributed by atoms with E-state index in [1.165, 1.54) is 122 Å². The number of carbonyl (C=O) groups excluding carboxylic acids is 4.